The summed E-state index contributed by atoms with van der Waals surface area (Å²) in [4.78, 5) is 23.2. The first kappa shape index (κ1) is 16.9. The fourth-order valence-corrected chi connectivity index (χ4v) is 2.12. The van der Waals surface area contributed by atoms with Gasteiger partial charge in [-0.05, 0) is 54.6 Å². The number of hydrogen-bond donors (Lipinski definition) is 2. The smallest absolute Gasteiger partial charge is 0.337 e. The molecular formula is C12H14INO5S. The Bertz CT molecular complexity index is 666. The lowest BCUT2D eigenvalue weighted by Crippen LogP contribution is -2.44. The highest BCUT2D eigenvalue weighted by Gasteiger charge is 2.38. The quantitative estimate of drug-likeness (QED) is 0.736. The predicted molar refractivity (Wildman–Crippen MR) is 83.7 cm³/mol. The van der Waals surface area contributed by atoms with Crippen molar-refractivity contribution in [3.63, 3.8) is 0 Å². The lowest BCUT2D eigenvalue weighted by molar-refractivity contribution is -0.117. The summed E-state index contributed by atoms with van der Waals surface area (Å²) in [6.45, 7) is 2.54. The van der Waals surface area contributed by atoms with Gasteiger partial charge >= 0.3 is 5.97 Å². The molecule has 0 aromatic heterocycles. The maximum Gasteiger partial charge on any atom is 0.337 e. The number of carbonyl (C=O) groups excluding carboxylic acids is 1. The van der Waals surface area contributed by atoms with Crippen LogP contribution >= 0.6 is 22.6 Å². The van der Waals surface area contributed by atoms with Gasteiger partial charge in [-0.3, -0.25) is 4.79 Å². The van der Waals surface area contributed by atoms with Gasteiger partial charge in [0.25, 0.3) is 0 Å². The van der Waals surface area contributed by atoms with Crippen molar-refractivity contribution in [1.29, 1.82) is 0 Å². The molecule has 1 aromatic rings. The summed E-state index contributed by atoms with van der Waals surface area (Å²) in [5.74, 6) is -1.97. The van der Waals surface area contributed by atoms with E-state index in [1.807, 2.05) is 22.6 Å². The summed E-state index contributed by atoms with van der Waals surface area (Å²) in [6, 6.07) is 4.45. The minimum Gasteiger partial charge on any atom is -0.478 e. The van der Waals surface area contributed by atoms with E-state index in [-0.39, 0.29) is 11.3 Å². The van der Waals surface area contributed by atoms with Crippen LogP contribution in [-0.2, 0) is 14.6 Å². The summed E-state index contributed by atoms with van der Waals surface area (Å²) in [6.07, 6.45) is 0.957. The highest BCUT2D eigenvalue weighted by atomic mass is 127. The molecule has 8 heteroatoms. The van der Waals surface area contributed by atoms with Gasteiger partial charge in [-0.15, -0.1) is 0 Å². The van der Waals surface area contributed by atoms with E-state index in [4.69, 9.17) is 5.11 Å². The van der Waals surface area contributed by atoms with Gasteiger partial charge in [0.15, 0.2) is 9.84 Å². The molecule has 1 rings (SSSR count). The summed E-state index contributed by atoms with van der Waals surface area (Å²) < 4.78 is 22.2. The van der Waals surface area contributed by atoms with Gasteiger partial charge in [0, 0.05) is 9.83 Å². The molecule has 0 fully saturated rings. The van der Waals surface area contributed by atoms with Gasteiger partial charge in [-0.25, -0.2) is 13.2 Å². The number of amides is 1. The van der Waals surface area contributed by atoms with Gasteiger partial charge in [-0.1, -0.05) is 0 Å². The molecule has 0 saturated carbocycles. The number of aromatic carboxylic acids is 1. The normalized spacial score (nSPS) is 12.0. The second-order valence-corrected chi connectivity index (χ2v) is 8.54. The van der Waals surface area contributed by atoms with Gasteiger partial charge in [-0.2, -0.15) is 0 Å². The number of anilines is 1. The van der Waals surface area contributed by atoms with Crippen molar-refractivity contribution in [1.82, 2.24) is 0 Å². The first-order valence-electron chi connectivity index (χ1n) is 5.50. The Balaban J connectivity index is 3.18. The van der Waals surface area contributed by atoms with Crippen LogP contribution in [0.1, 0.15) is 24.2 Å². The van der Waals surface area contributed by atoms with Crippen molar-refractivity contribution in [3.05, 3.63) is 27.3 Å². The summed E-state index contributed by atoms with van der Waals surface area (Å²) in [7, 11) is -3.62. The Hall–Kier alpha value is -1.16. The lowest BCUT2D eigenvalue weighted by Gasteiger charge is -2.22. The van der Waals surface area contributed by atoms with Gasteiger partial charge in [0.2, 0.25) is 5.91 Å². The number of sulfone groups is 1. The van der Waals surface area contributed by atoms with E-state index in [1.54, 1.807) is 6.07 Å². The Morgan fingerprint density at radius 3 is 2.30 bits per heavy atom. The molecule has 6 nitrogen and oxygen atoms in total. The number of carboxylic acids is 1. The van der Waals surface area contributed by atoms with Crippen molar-refractivity contribution in [2.75, 3.05) is 11.6 Å². The Morgan fingerprint density at radius 1 is 1.30 bits per heavy atom. The zero-order chi connectivity index (χ0) is 15.7. The van der Waals surface area contributed by atoms with Gasteiger partial charge < -0.3 is 10.4 Å². The van der Waals surface area contributed by atoms with E-state index < -0.39 is 26.5 Å². The number of halogens is 1. The monoisotopic (exact) mass is 411 g/mol. The van der Waals surface area contributed by atoms with Crippen molar-refractivity contribution in [3.8, 4) is 0 Å². The molecule has 0 aliphatic rings. The van der Waals surface area contributed by atoms with E-state index in [2.05, 4.69) is 5.32 Å². The molecule has 0 spiro atoms. The SMILES string of the molecule is CC(C)(C(=O)Nc1ccc(I)cc1C(=O)O)S(C)(=O)=O. The van der Waals surface area contributed by atoms with Crippen molar-refractivity contribution in [2.45, 2.75) is 18.6 Å². The number of benzene rings is 1. The van der Waals surface area contributed by atoms with Crippen LogP contribution in [0.25, 0.3) is 0 Å². The minimum atomic E-state index is -3.62. The molecule has 0 atom stereocenters. The maximum atomic E-state index is 12.1. The molecule has 1 amide bonds. The molecule has 0 bridgehead atoms. The Morgan fingerprint density at radius 2 is 1.85 bits per heavy atom. The van der Waals surface area contributed by atoms with Crippen LogP contribution in [0.4, 0.5) is 5.69 Å². The minimum absolute atomic E-state index is 0.0691. The highest BCUT2D eigenvalue weighted by Crippen LogP contribution is 2.22. The van der Waals surface area contributed by atoms with Gasteiger partial charge in [0.1, 0.15) is 4.75 Å². The van der Waals surface area contributed by atoms with Crippen LogP contribution in [0.2, 0.25) is 0 Å². The number of rotatable bonds is 4. The average molecular weight is 411 g/mol. The van der Waals surface area contributed by atoms with Crippen LogP contribution in [0.15, 0.2) is 18.2 Å². The molecular weight excluding hydrogens is 397 g/mol. The van der Waals surface area contributed by atoms with Crippen LogP contribution in [0, 0.1) is 3.57 Å². The predicted octanol–water partition coefficient (Wildman–Crippen LogP) is 1.75. The second kappa shape index (κ2) is 5.68. The van der Waals surface area contributed by atoms with E-state index in [0.29, 0.717) is 3.57 Å². The molecule has 0 aliphatic heterocycles. The first-order chi connectivity index (χ1) is 8.96. The number of nitrogens with one attached hydrogen (secondary N) is 1. The fraction of sp³-hybridized carbons (Fsp3) is 0.333. The number of carboxylic acid groups (broad SMARTS) is 1. The molecule has 1 aromatic carbocycles. The first-order valence-corrected chi connectivity index (χ1v) is 8.47. The summed E-state index contributed by atoms with van der Waals surface area (Å²) >= 11 is 1.95. The van der Waals surface area contributed by atoms with E-state index in [9.17, 15) is 18.0 Å². The molecule has 2 N–H and O–H groups in total. The zero-order valence-corrected chi connectivity index (χ0v) is 14.1. The van der Waals surface area contributed by atoms with E-state index in [0.717, 1.165) is 6.26 Å². The highest BCUT2D eigenvalue weighted by molar-refractivity contribution is 14.1. The van der Waals surface area contributed by atoms with Crippen molar-refractivity contribution < 1.29 is 23.1 Å². The van der Waals surface area contributed by atoms with E-state index >= 15 is 0 Å². The third kappa shape index (κ3) is 3.48. The zero-order valence-electron chi connectivity index (χ0n) is 11.1. The second-order valence-electron chi connectivity index (χ2n) is 4.73. The summed E-state index contributed by atoms with van der Waals surface area (Å²) in [5, 5.41) is 11.5. The summed E-state index contributed by atoms with van der Waals surface area (Å²) in [5.41, 5.74) is -0.0193. The van der Waals surface area contributed by atoms with Gasteiger partial charge in [0.05, 0.1) is 11.3 Å². The van der Waals surface area contributed by atoms with E-state index in [1.165, 1.54) is 26.0 Å². The van der Waals surface area contributed by atoms with Crippen LogP contribution in [0.3, 0.4) is 0 Å². The standard InChI is InChI=1S/C12H14INO5S/c1-12(2,20(3,18)19)11(17)14-9-5-4-7(13)6-8(9)10(15)16/h4-6H,1-3H3,(H,14,17)(H,15,16). The molecule has 0 unspecified atom stereocenters. The van der Waals surface area contributed by atoms with Crippen molar-refractivity contribution >= 4 is 50.0 Å². The Kier molecular flexibility index (Phi) is 4.80. The number of hydrogen-bond acceptors (Lipinski definition) is 4. The van der Waals surface area contributed by atoms with Crippen LogP contribution in [-0.4, -0.2) is 36.4 Å². The lowest BCUT2D eigenvalue weighted by atomic mass is 10.1. The molecule has 0 aliphatic carbocycles. The van der Waals surface area contributed by atoms with Crippen LogP contribution < -0.4 is 5.32 Å². The van der Waals surface area contributed by atoms with Crippen LogP contribution in [0.5, 0.6) is 0 Å². The molecule has 0 radical (unpaired) electrons. The van der Waals surface area contributed by atoms with Crippen molar-refractivity contribution in [2.24, 2.45) is 0 Å². The topological polar surface area (TPSA) is 101 Å². The Labute approximate surface area is 130 Å². The molecule has 0 saturated heterocycles. The third-order valence-corrected chi connectivity index (χ3v) is 5.64. The fourth-order valence-electron chi connectivity index (χ4n) is 1.24. The average Bonchev–Trinajstić information content (AvgIpc) is 2.29. The molecule has 0 heterocycles. The molecule has 110 valence electrons. The molecule has 20 heavy (non-hydrogen) atoms. The number of carbonyl (C=O) groups is 2. The third-order valence-electron chi connectivity index (χ3n) is 2.93. The maximum absolute atomic E-state index is 12.1. The largest absolute Gasteiger partial charge is 0.478 e.